The molecule has 1 atom stereocenters. The average molecular weight is 588 g/mol. The Hall–Kier alpha value is -5.63. The molecule has 0 bridgehead atoms. The van der Waals surface area contributed by atoms with Crippen molar-refractivity contribution in [2.24, 2.45) is 0 Å². The minimum atomic E-state index is -1.04. The third kappa shape index (κ3) is 5.96. The smallest absolute Gasteiger partial charge is 0.335 e. The van der Waals surface area contributed by atoms with Gasteiger partial charge in [0, 0.05) is 11.5 Å². The van der Waals surface area contributed by atoms with Crippen molar-refractivity contribution < 1.29 is 23.5 Å². The maximum atomic E-state index is 14.1. The normalized spacial score (nSPS) is 11.8. The zero-order valence-electron chi connectivity index (χ0n) is 23.7. The van der Waals surface area contributed by atoms with Crippen LogP contribution < -0.4 is 5.32 Å². The summed E-state index contributed by atoms with van der Waals surface area (Å²) in [6.45, 7) is 2.18. The zero-order chi connectivity index (χ0) is 30.8. The molecule has 6 aromatic rings. The van der Waals surface area contributed by atoms with E-state index in [-0.39, 0.29) is 11.1 Å². The number of nitrogens with one attached hydrogen (secondary N) is 1. The topological polar surface area (TPSA) is 84.2 Å². The molecule has 0 saturated heterocycles. The molecule has 0 radical (unpaired) electrons. The van der Waals surface area contributed by atoms with Crippen molar-refractivity contribution in [1.82, 2.24) is 15.1 Å². The lowest BCUT2D eigenvalue weighted by atomic mass is 9.99. The van der Waals surface area contributed by atoms with Gasteiger partial charge >= 0.3 is 5.97 Å². The number of halogens is 2. The molecule has 1 heterocycles. The summed E-state index contributed by atoms with van der Waals surface area (Å²) in [6, 6.07) is 30.6. The summed E-state index contributed by atoms with van der Waals surface area (Å²) in [5.41, 5.74) is 5.64. The highest BCUT2D eigenvalue weighted by Crippen LogP contribution is 2.30. The van der Waals surface area contributed by atoms with Gasteiger partial charge in [-0.25, -0.2) is 13.6 Å². The Kier molecular flexibility index (Phi) is 7.72. The van der Waals surface area contributed by atoms with Crippen LogP contribution in [0.25, 0.3) is 33.2 Å². The van der Waals surface area contributed by atoms with Crippen LogP contribution in [0.3, 0.4) is 0 Å². The Morgan fingerprint density at radius 2 is 1.43 bits per heavy atom. The quantitative estimate of drug-likeness (QED) is 0.190. The highest BCUT2D eigenvalue weighted by Gasteiger charge is 2.20. The molecule has 0 aliphatic heterocycles. The lowest BCUT2D eigenvalue weighted by Gasteiger charge is -2.17. The van der Waals surface area contributed by atoms with E-state index >= 15 is 0 Å². The van der Waals surface area contributed by atoms with Crippen molar-refractivity contribution >= 4 is 22.8 Å². The first-order valence-electron chi connectivity index (χ1n) is 14.0. The standard InChI is InChI=1S/C36H27F2N3O3/c1-22(24-11-13-27(14-12-24)36(43)44)40-35(42)33-18-28(29-16-31(37)19-32(38)17-29)15-30-20-39-41(34(30)33)21-23-7-9-26(10-8-23)25-5-3-2-4-6-25/h2-20,22H,21H2,1H3,(H,40,42)(H,43,44)/t22-/m0/s1. The summed E-state index contributed by atoms with van der Waals surface area (Å²) in [6.07, 6.45) is 1.64. The minimum Gasteiger partial charge on any atom is -0.478 e. The second kappa shape index (κ2) is 11.9. The summed E-state index contributed by atoms with van der Waals surface area (Å²) in [4.78, 5) is 25.1. The Labute approximate surface area is 252 Å². The maximum absolute atomic E-state index is 14.1. The van der Waals surface area contributed by atoms with Crippen LogP contribution in [-0.2, 0) is 6.54 Å². The van der Waals surface area contributed by atoms with Crippen LogP contribution >= 0.6 is 0 Å². The SMILES string of the molecule is C[C@H](NC(=O)c1cc(-c2cc(F)cc(F)c2)cc2cnn(Cc3ccc(-c4ccccc4)cc3)c12)c1ccc(C(=O)O)cc1. The lowest BCUT2D eigenvalue weighted by Crippen LogP contribution is -2.27. The number of hydrogen-bond donors (Lipinski definition) is 2. The first-order chi connectivity index (χ1) is 21.2. The van der Waals surface area contributed by atoms with Gasteiger partial charge in [-0.15, -0.1) is 0 Å². The van der Waals surface area contributed by atoms with Gasteiger partial charge in [-0.1, -0.05) is 66.7 Å². The molecule has 1 aromatic heterocycles. The van der Waals surface area contributed by atoms with Crippen molar-refractivity contribution in [2.75, 3.05) is 0 Å². The molecule has 6 rings (SSSR count). The van der Waals surface area contributed by atoms with Gasteiger partial charge in [0.1, 0.15) is 11.6 Å². The van der Waals surface area contributed by atoms with E-state index in [2.05, 4.69) is 10.4 Å². The third-order valence-electron chi connectivity index (χ3n) is 7.57. The number of benzene rings is 5. The number of nitrogens with zero attached hydrogens (tertiary/aromatic N) is 2. The molecule has 0 saturated carbocycles. The molecule has 8 heteroatoms. The molecule has 0 fully saturated rings. The number of rotatable bonds is 8. The molecule has 0 unspecified atom stereocenters. The van der Waals surface area contributed by atoms with E-state index in [4.69, 9.17) is 0 Å². The Bertz CT molecular complexity index is 1970. The van der Waals surface area contributed by atoms with Crippen molar-refractivity contribution in [3.05, 3.63) is 149 Å². The summed E-state index contributed by atoms with van der Waals surface area (Å²) in [5.74, 6) is -2.90. The van der Waals surface area contributed by atoms with Gasteiger partial charge in [0.05, 0.1) is 35.4 Å². The lowest BCUT2D eigenvalue weighted by molar-refractivity contribution is 0.0696. The number of hydrogen-bond acceptors (Lipinski definition) is 3. The van der Waals surface area contributed by atoms with Crippen LogP contribution in [0.5, 0.6) is 0 Å². The molecule has 6 nitrogen and oxygen atoms in total. The fraction of sp³-hybridized carbons (Fsp3) is 0.0833. The predicted octanol–water partition coefficient (Wildman–Crippen LogP) is 7.89. The van der Waals surface area contributed by atoms with Gasteiger partial charge in [0.25, 0.3) is 5.91 Å². The zero-order valence-corrected chi connectivity index (χ0v) is 23.7. The first-order valence-corrected chi connectivity index (χ1v) is 14.0. The summed E-state index contributed by atoms with van der Waals surface area (Å²) >= 11 is 0. The average Bonchev–Trinajstić information content (AvgIpc) is 3.43. The molecule has 0 spiro atoms. The molecular formula is C36H27F2N3O3. The largest absolute Gasteiger partial charge is 0.478 e. The van der Waals surface area contributed by atoms with E-state index in [1.807, 2.05) is 54.6 Å². The Morgan fingerprint density at radius 1 is 0.795 bits per heavy atom. The molecule has 2 N–H and O–H groups in total. The fourth-order valence-electron chi connectivity index (χ4n) is 5.29. The van der Waals surface area contributed by atoms with E-state index in [9.17, 15) is 23.5 Å². The molecule has 1 amide bonds. The van der Waals surface area contributed by atoms with Crippen molar-refractivity contribution in [3.63, 3.8) is 0 Å². The van der Waals surface area contributed by atoms with Crippen molar-refractivity contribution in [2.45, 2.75) is 19.5 Å². The van der Waals surface area contributed by atoms with Crippen molar-refractivity contribution in [1.29, 1.82) is 0 Å². The van der Waals surface area contributed by atoms with Crippen molar-refractivity contribution in [3.8, 4) is 22.3 Å². The van der Waals surface area contributed by atoms with Crippen LogP contribution in [-0.4, -0.2) is 26.8 Å². The number of aromatic carboxylic acids is 1. The number of carbonyl (C=O) groups excluding carboxylic acids is 1. The second-order valence-electron chi connectivity index (χ2n) is 10.6. The molecule has 0 aliphatic carbocycles. The number of carboxylic acids is 1. The van der Waals surface area contributed by atoms with E-state index < -0.39 is 29.6 Å². The number of fused-ring (bicyclic) bond motifs is 1. The van der Waals surface area contributed by atoms with Crippen LogP contribution in [0.4, 0.5) is 8.78 Å². The number of carbonyl (C=O) groups is 2. The van der Waals surface area contributed by atoms with Crippen LogP contribution in [0.2, 0.25) is 0 Å². The number of carboxylic acid groups (broad SMARTS) is 1. The highest BCUT2D eigenvalue weighted by molar-refractivity contribution is 6.07. The summed E-state index contributed by atoms with van der Waals surface area (Å²) in [5, 5.41) is 17.4. The fourth-order valence-corrected chi connectivity index (χ4v) is 5.29. The van der Waals surface area contributed by atoms with E-state index in [1.165, 1.54) is 24.3 Å². The predicted molar refractivity (Wildman–Crippen MR) is 165 cm³/mol. The number of amides is 1. The summed E-state index contributed by atoms with van der Waals surface area (Å²) in [7, 11) is 0. The van der Waals surface area contributed by atoms with E-state index in [0.29, 0.717) is 28.6 Å². The highest BCUT2D eigenvalue weighted by atomic mass is 19.1. The monoisotopic (exact) mass is 587 g/mol. The van der Waals surface area contributed by atoms with Gasteiger partial charge < -0.3 is 10.4 Å². The van der Waals surface area contributed by atoms with Crippen LogP contribution in [0.1, 0.15) is 44.8 Å². The van der Waals surface area contributed by atoms with Gasteiger partial charge in [-0.05, 0) is 76.7 Å². The van der Waals surface area contributed by atoms with Gasteiger partial charge in [0.15, 0.2) is 0 Å². The van der Waals surface area contributed by atoms with Gasteiger partial charge in [-0.3, -0.25) is 9.48 Å². The summed E-state index contributed by atoms with van der Waals surface area (Å²) < 4.78 is 30.0. The first kappa shape index (κ1) is 28.5. The minimum absolute atomic E-state index is 0.143. The third-order valence-corrected chi connectivity index (χ3v) is 7.57. The molecule has 218 valence electrons. The number of aromatic nitrogens is 2. The van der Waals surface area contributed by atoms with Crippen LogP contribution in [0, 0.1) is 11.6 Å². The Balaban J connectivity index is 1.37. The Morgan fingerprint density at radius 3 is 2.09 bits per heavy atom. The maximum Gasteiger partial charge on any atom is 0.335 e. The second-order valence-corrected chi connectivity index (χ2v) is 10.6. The van der Waals surface area contributed by atoms with Gasteiger partial charge in [0.2, 0.25) is 0 Å². The molecule has 0 aliphatic rings. The molecule has 44 heavy (non-hydrogen) atoms. The van der Waals surface area contributed by atoms with E-state index in [1.54, 1.807) is 42.1 Å². The molecular weight excluding hydrogens is 560 g/mol. The molecule has 5 aromatic carbocycles. The van der Waals surface area contributed by atoms with E-state index in [0.717, 1.165) is 28.3 Å². The van der Waals surface area contributed by atoms with Gasteiger partial charge in [-0.2, -0.15) is 5.10 Å². The van der Waals surface area contributed by atoms with Crippen LogP contribution in [0.15, 0.2) is 115 Å².